The number of benzene rings is 1. The molecule has 1 unspecified atom stereocenters. The number of anilines is 1. The van der Waals surface area contributed by atoms with E-state index in [0.717, 1.165) is 18.2 Å². The number of para-hydroxylation sites is 1. The van der Waals surface area contributed by atoms with Crippen LogP contribution in [0.2, 0.25) is 0 Å². The number of esters is 1. The van der Waals surface area contributed by atoms with E-state index < -0.39 is 41.1 Å². The van der Waals surface area contributed by atoms with Crippen LogP contribution in [0.3, 0.4) is 0 Å². The van der Waals surface area contributed by atoms with Gasteiger partial charge in [-0.3, -0.25) is 14.3 Å². The standard InChI is InChI=1S/C17H17F2N3O4/c1-8-13(9(2)22(4)21-8)15(23)17(25)26-10(3)16(24)20-14-11(18)6-5-7-12(14)19/h5-7,10H,1-4H3,(H,20,24). The fourth-order valence-corrected chi connectivity index (χ4v) is 2.31. The van der Waals surface area contributed by atoms with Crippen molar-refractivity contribution in [2.45, 2.75) is 26.9 Å². The minimum Gasteiger partial charge on any atom is -0.447 e. The number of halogens is 2. The van der Waals surface area contributed by atoms with Gasteiger partial charge in [-0.15, -0.1) is 0 Å². The summed E-state index contributed by atoms with van der Waals surface area (Å²) in [5, 5.41) is 6.02. The number of nitrogens with one attached hydrogen (secondary N) is 1. The molecule has 0 bridgehead atoms. The van der Waals surface area contributed by atoms with Gasteiger partial charge in [0.1, 0.15) is 17.3 Å². The van der Waals surface area contributed by atoms with Crippen LogP contribution in [0.1, 0.15) is 28.7 Å². The smallest absolute Gasteiger partial charge is 0.380 e. The Kier molecular flexibility index (Phi) is 5.49. The molecule has 0 aliphatic rings. The van der Waals surface area contributed by atoms with Gasteiger partial charge in [0.05, 0.1) is 11.3 Å². The molecule has 2 aromatic rings. The van der Waals surface area contributed by atoms with Crippen LogP contribution in [0.15, 0.2) is 18.2 Å². The molecular formula is C17H17F2N3O4. The van der Waals surface area contributed by atoms with E-state index in [4.69, 9.17) is 4.74 Å². The molecule has 0 saturated heterocycles. The van der Waals surface area contributed by atoms with Crippen LogP contribution in [0.4, 0.5) is 14.5 Å². The summed E-state index contributed by atoms with van der Waals surface area (Å²) in [6, 6.07) is 3.07. The van der Waals surface area contributed by atoms with E-state index in [-0.39, 0.29) is 5.56 Å². The molecule has 0 aliphatic carbocycles. The predicted molar refractivity (Wildman–Crippen MR) is 87.6 cm³/mol. The zero-order chi connectivity index (χ0) is 19.6. The van der Waals surface area contributed by atoms with Gasteiger partial charge in [-0.1, -0.05) is 6.07 Å². The number of amides is 1. The highest BCUT2D eigenvalue weighted by Gasteiger charge is 2.29. The Morgan fingerprint density at radius 2 is 1.77 bits per heavy atom. The van der Waals surface area contributed by atoms with E-state index in [9.17, 15) is 23.2 Å². The molecule has 26 heavy (non-hydrogen) atoms. The SMILES string of the molecule is Cc1nn(C)c(C)c1C(=O)C(=O)OC(C)C(=O)Nc1c(F)cccc1F. The van der Waals surface area contributed by atoms with Crippen LogP contribution in [0.5, 0.6) is 0 Å². The summed E-state index contributed by atoms with van der Waals surface area (Å²) in [7, 11) is 1.61. The summed E-state index contributed by atoms with van der Waals surface area (Å²) in [4.78, 5) is 36.3. The Morgan fingerprint density at radius 1 is 1.19 bits per heavy atom. The Morgan fingerprint density at radius 3 is 2.27 bits per heavy atom. The molecule has 1 N–H and O–H groups in total. The number of nitrogens with zero attached hydrogens (tertiary/aromatic N) is 2. The van der Waals surface area contributed by atoms with Crippen molar-refractivity contribution in [1.29, 1.82) is 0 Å². The van der Waals surface area contributed by atoms with Gasteiger partial charge in [-0.05, 0) is 32.9 Å². The largest absolute Gasteiger partial charge is 0.447 e. The Hall–Kier alpha value is -3.10. The van der Waals surface area contributed by atoms with E-state index in [2.05, 4.69) is 5.10 Å². The second-order valence-corrected chi connectivity index (χ2v) is 5.63. The van der Waals surface area contributed by atoms with Crippen LogP contribution in [-0.2, 0) is 21.4 Å². The van der Waals surface area contributed by atoms with E-state index >= 15 is 0 Å². The number of ketones is 1. The molecule has 0 fully saturated rings. The topological polar surface area (TPSA) is 90.3 Å². The lowest BCUT2D eigenvalue weighted by molar-refractivity contribution is -0.148. The Labute approximate surface area is 147 Å². The highest BCUT2D eigenvalue weighted by Crippen LogP contribution is 2.19. The fraction of sp³-hybridized carbons (Fsp3) is 0.294. The van der Waals surface area contributed by atoms with Crippen molar-refractivity contribution in [3.8, 4) is 0 Å². The van der Waals surface area contributed by atoms with Gasteiger partial charge >= 0.3 is 5.97 Å². The molecule has 0 spiro atoms. The lowest BCUT2D eigenvalue weighted by atomic mass is 10.1. The second-order valence-electron chi connectivity index (χ2n) is 5.63. The van der Waals surface area contributed by atoms with Crippen molar-refractivity contribution in [2.24, 2.45) is 7.05 Å². The van der Waals surface area contributed by atoms with E-state index in [1.807, 2.05) is 5.32 Å². The van der Waals surface area contributed by atoms with Crippen molar-refractivity contribution < 1.29 is 27.9 Å². The first-order valence-corrected chi connectivity index (χ1v) is 7.63. The number of aromatic nitrogens is 2. The molecule has 0 aliphatic heterocycles. The molecule has 1 atom stereocenters. The number of Topliss-reactive ketones (excluding diaryl/α,β-unsaturated/α-hetero) is 1. The number of hydrogen-bond acceptors (Lipinski definition) is 5. The summed E-state index contributed by atoms with van der Waals surface area (Å²) in [5.41, 5.74) is 0.239. The molecule has 1 amide bonds. The van der Waals surface area contributed by atoms with E-state index in [0.29, 0.717) is 11.4 Å². The maximum atomic E-state index is 13.6. The van der Waals surface area contributed by atoms with Crippen LogP contribution < -0.4 is 5.32 Å². The van der Waals surface area contributed by atoms with Crippen molar-refractivity contribution in [3.63, 3.8) is 0 Å². The van der Waals surface area contributed by atoms with Gasteiger partial charge in [0, 0.05) is 12.7 Å². The average molecular weight is 365 g/mol. The monoisotopic (exact) mass is 365 g/mol. The van der Waals surface area contributed by atoms with Gasteiger partial charge in [0.25, 0.3) is 11.7 Å². The summed E-state index contributed by atoms with van der Waals surface area (Å²) >= 11 is 0. The number of aryl methyl sites for hydroxylation is 2. The number of rotatable bonds is 5. The minimum absolute atomic E-state index is 0.0882. The quantitative estimate of drug-likeness (QED) is 0.498. The maximum Gasteiger partial charge on any atom is 0.380 e. The van der Waals surface area contributed by atoms with E-state index in [1.54, 1.807) is 20.9 Å². The molecule has 138 valence electrons. The fourth-order valence-electron chi connectivity index (χ4n) is 2.31. The first-order valence-electron chi connectivity index (χ1n) is 7.63. The second kappa shape index (κ2) is 7.42. The molecule has 1 heterocycles. The molecule has 9 heteroatoms. The number of hydrogen-bond donors (Lipinski definition) is 1. The third-order valence-electron chi connectivity index (χ3n) is 3.79. The molecule has 7 nitrogen and oxygen atoms in total. The summed E-state index contributed by atoms with van der Waals surface area (Å²) in [6.45, 7) is 4.35. The normalized spacial score (nSPS) is 11.8. The van der Waals surface area contributed by atoms with Crippen molar-refractivity contribution in [1.82, 2.24) is 9.78 Å². The zero-order valence-corrected chi connectivity index (χ0v) is 14.6. The van der Waals surface area contributed by atoms with E-state index in [1.165, 1.54) is 11.6 Å². The van der Waals surface area contributed by atoms with Crippen LogP contribution in [0.25, 0.3) is 0 Å². The maximum absolute atomic E-state index is 13.6. The van der Waals surface area contributed by atoms with Crippen molar-refractivity contribution >= 4 is 23.3 Å². The Balaban J connectivity index is 2.09. The average Bonchev–Trinajstić information content (AvgIpc) is 2.82. The molecule has 0 radical (unpaired) electrons. The Bertz CT molecular complexity index is 872. The summed E-state index contributed by atoms with van der Waals surface area (Å²) < 4.78 is 33.4. The number of ether oxygens (including phenoxy) is 1. The zero-order valence-electron chi connectivity index (χ0n) is 14.6. The summed E-state index contributed by atoms with van der Waals surface area (Å²) in [6.07, 6.45) is -1.44. The first-order chi connectivity index (χ1) is 12.1. The van der Waals surface area contributed by atoms with Gasteiger partial charge in [-0.2, -0.15) is 5.10 Å². The molecule has 1 aromatic carbocycles. The predicted octanol–water partition coefficient (Wildman–Crippen LogP) is 2.07. The van der Waals surface area contributed by atoms with Gasteiger partial charge in [0.2, 0.25) is 0 Å². The highest BCUT2D eigenvalue weighted by atomic mass is 19.1. The van der Waals surface area contributed by atoms with Crippen LogP contribution >= 0.6 is 0 Å². The lowest BCUT2D eigenvalue weighted by Crippen LogP contribution is -2.33. The third kappa shape index (κ3) is 3.76. The summed E-state index contributed by atoms with van der Waals surface area (Å²) in [5.74, 6) is -5.15. The molecule has 0 saturated carbocycles. The van der Waals surface area contributed by atoms with Crippen LogP contribution in [0, 0.1) is 25.5 Å². The molecular weight excluding hydrogens is 348 g/mol. The highest BCUT2D eigenvalue weighted by molar-refractivity contribution is 6.41. The number of carbonyl (C=O) groups is 3. The van der Waals surface area contributed by atoms with Gasteiger partial charge < -0.3 is 10.1 Å². The van der Waals surface area contributed by atoms with Gasteiger partial charge in [0.15, 0.2) is 6.10 Å². The van der Waals surface area contributed by atoms with Crippen LogP contribution in [-0.4, -0.2) is 33.5 Å². The third-order valence-corrected chi connectivity index (χ3v) is 3.79. The molecule has 2 rings (SSSR count). The lowest BCUT2D eigenvalue weighted by Gasteiger charge is -2.14. The minimum atomic E-state index is -1.44. The molecule has 1 aromatic heterocycles. The first kappa shape index (κ1) is 19.2. The van der Waals surface area contributed by atoms with Crippen molar-refractivity contribution in [2.75, 3.05) is 5.32 Å². The van der Waals surface area contributed by atoms with Gasteiger partial charge in [-0.25, -0.2) is 13.6 Å². The van der Waals surface area contributed by atoms with Crippen molar-refractivity contribution in [3.05, 3.63) is 46.8 Å². The number of carbonyl (C=O) groups excluding carboxylic acids is 3.